The molecule has 1 rings (SSSR count). The summed E-state index contributed by atoms with van der Waals surface area (Å²) in [7, 11) is -2.78. The van der Waals surface area contributed by atoms with Gasteiger partial charge in [-0.1, -0.05) is 18.5 Å². The van der Waals surface area contributed by atoms with Gasteiger partial charge in [-0.15, -0.1) is 0 Å². The summed E-state index contributed by atoms with van der Waals surface area (Å²) in [5.41, 5.74) is 0. The van der Waals surface area contributed by atoms with E-state index in [1.807, 2.05) is 0 Å². The van der Waals surface area contributed by atoms with Crippen LogP contribution in [-0.4, -0.2) is 37.4 Å². The zero-order valence-corrected chi connectivity index (χ0v) is 13.8. The van der Waals surface area contributed by atoms with E-state index in [-0.39, 0.29) is 20.9 Å². The largest absolute Gasteiger partial charge is 0.481 e. The molecule has 1 aromatic rings. The molecule has 0 aliphatic heterocycles. The highest BCUT2D eigenvalue weighted by molar-refractivity contribution is 9.10. The van der Waals surface area contributed by atoms with E-state index in [1.165, 1.54) is 14.0 Å². The highest BCUT2D eigenvalue weighted by Crippen LogP contribution is 2.32. The van der Waals surface area contributed by atoms with E-state index in [1.54, 1.807) is 0 Å². The van der Waals surface area contributed by atoms with Crippen LogP contribution >= 0.6 is 27.5 Å². The monoisotopic (exact) mass is 387 g/mol. The number of carboxylic acids is 1. The molecular weight excluding hydrogens is 377 g/mol. The zero-order valence-electron chi connectivity index (χ0n) is 10.6. The fourth-order valence-corrected chi connectivity index (χ4v) is 4.49. The third-order valence-corrected chi connectivity index (χ3v) is 5.81. The van der Waals surface area contributed by atoms with Gasteiger partial charge >= 0.3 is 5.97 Å². The van der Waals surface area contributed by atoms with Crippen molar-refractivity contribution in [3.8, 4) is 0 Å². The van der Waals surface area contributed by atoms with E-state index in [4.69, 9.17) is 16.7 Å². The summed E-state index contributed by atoms with van der Waals surface area (Å²) in [6.07, 6.45) is 0. The Labute approximate surface area is 129 Å². The first-order chi connectivity index (χ1) is 9.07. The third kappa shape index (κ3) is 3.69. The molecule has 0 saturated heterocycles. The summed E-state index contributed by atoms with van der Waals surface area (Å²) in [5, 5.41) is 8.53. The topological polar surface area (TPSA) is 74.7 Å². The van der Waals surface area contributed by atoms with E-state index in [0.717, 1.165) is 16.4 Å². The molecule has 5 nitrogen and oxygen atoms in total. The molecule has 9 heteroatoms. The van der Waals surface area contributed by atoms with Crippen molar-refractivity contribution in [1.29, 1.82) is 0 Å². The quantitative estimate of drug-likeness (QED) is 0.841. The Hall–Kier alpha value is -0.700. The molecule has 0 aliphatic rings. The Morgan fingerprint density at radius 1 is 1.55 bits per heavy atom. The lowest BCUT2D eigenvalue weighted by Crippen LogP contribution is -2.34. The lowest BCUT2D eigenvalue weighted by Gasteiger charge is -2.20. The maximum Gasteiger partial charge on any atom is 0.307 e. The second-order valence-corrected chi connectivity index (χ2v) is 7.47. The smallest absolute Gasteiger partial charge is 0.307 e. The maximum absolute atomic E-state index is 13.1. The van der Waals surface area contributed by atoms with Gasteiger partial charge in [-0.05, 0) is 28.1 Å². The number of hydrogen-bond donors (Lipinski definition) is 1. The van der Waals surface area contributed by atoms with Crippen molar-refractivity contribution in [2.45, 2.75) is 11.8 Å². The molecular formula is C11H12BrClFNO4S. The number of carboxylic acid groups (broad SMARTS) is 1. The Morgan fingerprint density at radius 3 is 2.55 bits per heavy atom. The first-order valence-corrected chi connectivity index (χ1v) is 8.02. The van der Waals surface area contributed by atoms with Gasteiger partial charge < -0.3 is 5.11 Å². The number of halogens is 3. The normalized spacial score (nSPS) is 13.5. The van der Waals surface area contributed by atoms with Crippen LogP contribution in [0, 0.1) is 11.7 Å². The van der Waals surface area contributed by atoms with Crippen molar-refractivity contribution in [1.82, 2.24) is 4.31 Å². The summed E-state index contributed by atoms with van der Waals surface area (Å²) in [6, 6.07) is 1.86. The molecule has 0 spiro atoms. The molecule has 0 heterocycles. The highest BCUT2D eigenvalue weighted by Gasteiger charge is 2.29. The van der Waals surface area contributed by atoms with Gasteiger partial charge in [0.25, 0.3) is 0 Å². The van der Waals surface area contributed by atoms with Crippen molar-refractivity contribution in [2.75, 3.05) is 13.6 Å². The van der Waals surface area contributed by atoms with Crippen molar-refractivity contribution in [3.63, 3.8) is 0 Å². The zero-order chi connectivity index (χ0) is 15.7. The second kappa shape index (κ2) is 6.38. The molecule has 0 aliphatic carbocycles. The van der Waals surface area contributed by atoms with Crippen molar-refractivity contribution in [2.24, 2.45) is 5.92 Å². The highest BCUT2D eigenvalue weighted by atomic mass is 79.9. The van der Waals surface area contributed by atoms with Gasteiger partial charge in [0.1, 0.15) is 10.7 Å². The van der Waals surface area contributed by atoms with E-state index < -0.39 is 27.7 Å². The third-order valence-electron chi connectivity index (χ3n) is 2.58. The Morgan fingerprint density at radius 2 is 2.10 bits per heavy atom. The number of aliphatic carboxylic acids is 1. The molecule has 1 aromatic carbocycles. The molecule has 20 heavy (non-hydrogen) atoms. The van der Waals surface area contributed by atoms with Crippen molar-refractivity contribution < 1.29 is 22.7 Å². The average molecular weight is 389 g/mol. The molecule has 0 bridgehead atoms. The number of rotatable bonds is 5. The summed E-state index contributed by atoms with van der Waals surface area (Å²) in [5.74, 6) is -2.67. The molecule has 1 N–H and O–H groups in total. The van der Waals surface area contributed by atoms with E-state index >= 15 is 0 Å². The Balaban J connectivity index is 3.21. The van der Waals surface area contributed by atoms with E-state index in [9.17, 15) is 17.6 Å². The molecule has 0 radical (unpaired) electrons. The van der Waals surface area contributed by atoms with E-state index in [2.05, 4.69) is 15.9 Å². The standard InChI is InChI=1S/C11H12BrClFNO4S/c1-6(11(16)17)5-15(2)20(18,19)10-8(12)3-7(14)4-9(10)13/h3-4,6H,5H2,1-2H3,(H,16,17). The van der Waals surface area contributed by atoms with Crippen LogP contribution in [-0.2, 0) is 14.8 Å². The van der Waals surface area contributed by atoms with Crippen LogP contribution in [0.5, 0.6) is 0 Å². The average Bonchev–Trinajstić information content (AvgIpc) is 2.26. The van der Waals surface area contributed by atoms with Crippen LogP contribution in [0.2, 0.25) is 5.02 Å². The van der Waals surface area contributed by atoms with Crippen molar-refractivity contribution in [3.05, 3.63) is 27.4 Å². The lowest BCUT2D eigenvalue weighted by atomic mass is 10.2. The van der Waals surface area contributed by atoms with Crippen molar-refractivity contribution >= 4 is 43.5 Å². The minimum atomic E-state index is -4.02. The second-order valence-electron chi connectivity index (χ2n) is 4.22. The predicted molar refractivity (Wildman–Crippen MR) is 75.7 cm³/mol. The van der Waals surface area contributed by atoms with Crippen LogP contribution < -0.4 is 0 Å². The predicted octanol–water partition coefficient (Wildman–Crippen LogP) is 2.58. The SMILES string of the molecule is CC(CN(C)S(=O)(=O)c1c(Cl)cc(F)cc1Br)C(=O)O. The molecule has 0 saturated carbocycles. The minimum absolute atomic E-state index is 0.0164. The molecule has 1 atom stereocenters. The Bertz CT molecular complexity index is 614. The van der Waals surface area contributed by atoms with Gasteiger partial charge in [0.15, 0.2) is 0 Å². The summed E-state index contributed by atoms with van der Waals surface area (Å²) < 4.78 is 38.6. The molecule has 0 amide bonds. The molecule has 0 aromatic heterocycles. The van der Waals surface area contributed by atoms with Crippen LogP contribution in [0.15, 0.2) is 21.5 Å². The summed E-state index contributed by atoms with van der Waals surface area (Å²) in [4.78, 5) is 10.5. The fourth-order valence-electron chi connectivity index (χ4n) is 1.49. The first kappa shape index (κ1) is 17.4. The number of benzene rings is 1. The van der Waals surface area contributed by atoms with Crippen LogP contribution in [0.1, 0.15) is 6.92 Å². The summed E-state index contributed by atoms with van der Waals surface area (Å²) in [6.45, 7) is 1.16. The van der Waals surface area contributed by atoms with Gasteiger partial charge in [0, 0.05) is 18.1 Å². The Kier molecular flexibility index (Phi) is 5.54. The van der Waals surface area contributed by atoms with Gasteiger partial charge in [0.2, 0.25) is 10.0 Å². The summed E-state index contributed by atoms with van der Waals surface area (Å²) >= 11 is 8.72. The first-order valence-electron chi connectivity index (χ1n) is 5.41. The molecule has 1 unspecified atom stereocenters. The van der Waals surface area contributed by atoms with Crippen LogP contribution in [0.4, 0.5) is 4.39 Å². The minimum Gasteiger partial charge on any atom is -0.481 e. The van der Waals surface area contributed by atoms with Gasteiger partial charge in [-0.2, -0.15) is 4.31 Å². The van der Waals surface area contributed by atoms with E-state index in [0.29, 0.717) is 0 Å². The number of hydrogen-bond acceptors (Lipinski definition) is 3. The van der Waals surface area contributed by atoms with Crippen LogP contribution in [0.3, 0.4) is 0 Å². The number of carbonyl (C=O) groups is 1. The van der Waals surface area contributed by atoms with Crippen LogP contribution in [0.25, 0.3) is 0 Å². The number of nitrogens with zero attached hydrogens (tertiary/aromatic N) is 1. The van der Waals surface area contributed by atoms with Gasteiger partial charge in [0.05, 0.1) is 10.9 Å². The molecule has 0 fully saturated rings. The van der Waals surface area contributed by atoms with Gasteiger partial charge in [-0.3, -0.25) is 4.79 Å². The molecule has 112 valence electrons. The number of sulfonamides is 1. The maximum atomic E-state index is 13.1. The fraction of sp³-hybridized carbons (Fsp3) is 0.364. The van der Waals surface area contributed by atoms with Gasteiger partial charge in [-0.25, -0.2) is 12.8 Å². The lowest BCUT2D eigenvalue weighted by molar-refractivity contribution is -0.141.